The molecule has 1 aromatic heterocycles. The van der Waals surface area contributed by atoms with Crippen LogP contribution in [0.4, 0.5) is 0 Å². The lowest BCUT2D eigenvalue weighted by atomic mass is 9.67. The lowest BCUT2D eigenvalue weighted by Gasteiger charge is -2.35. The Balaban J connectivity index is 2.46. The van der Waals surface area contributed by atoms with Gasteiger partial charge in [0.1, 0.15) is 5.41 Å². The van der Waals surface area contributed by atoms with Gasteiger partial charge in [0, 0.05) is 10.7 Å². The van der Waals surface area contributed by atoms with Crippen LogP contribution in [-0.4, -0.2) is 4.98 Å². The van der Waals surface area contributed by atoms with Gasteiger partial charge in [-0.3, -0.25) is 4.98 Å². The highest BCUT2D eigenvalue weighted by Gasteiger charge is 2.41. The van der Waals surface area contributed by atoms with Crippen LogP contribution in [0, 0.1) is 11.3 Å². The zero-order valence-corrected chi connectivity index (χ0v) is 9.77. The first-order valence-electron chi connectivity index (χ1n) is 4.41. The van der Waals surface area contributed by atoms with E-state index in [2.05, 4.69) is 27.0 Å². The van der Waals surface area contributed by atoms with Crippen LogP contribution in [0.5, 0.6) is 0 Å². The third-order valence-electron chi connectivity index (χ3n) is 2.68. The van der Waals surface area contributed by atoms with Gasteiger partial charge in [-0.1, -0.05) is 11.6 Å². The molecule has 2 rings (SSSR count). The third kappa shape index (κ3) is 1.43. The second kappa shape index (κ2) is 3.52. The van der Waals surface area contributed by atoms with E-state index in [1.807, 2.05) is 0 Å². The number of nitrogens with zero attached hydrogens (tertiary/aromatic N) is 2. The Bertz CT molecular complexity index is 407. The number of hydrogen-bond acceptors (Lipinski definition) is 2. The minimum atomic E-state index is -0.372. The van der Waals surface area contributed by atoms with E-state index in [0.717, 1.165) is 29.4 Å². The highest BCUT2D eigenvalue weighted by Crippen LogP contribution is 2.44. The van der Waals surface area contributed by atoms with Crippen molar-refractivity contribution < 1.29 is 0 Å². The summed E-state index contributed by atoms with van der Waals surface area (Å²) in [5.41, 5.74) is 0.458. The highest BCUT2D eigenvalue weighted by atomic mass is 79.9. The first kappa shape index (κ1) is 9.95. The number of rotatable bonds is 1. The maximum absolute atomic E-state index is 9.14. The van der Waals surface area contributed by atoms with E-state index >= 15 is 0 Å². The fourth-order valence-corrected chi connectivity index (χ4v) is 2.72. The summed E-state index contributed by atoms with van der Waals surface area (Å²) in [6.07, 6.45) is 4.50. The average molecular weight is 272 g/mol. The molecule has 72 valence electrons. The Hall–Kier alpha value is -0.590. The maximum atomic E-state index is 9.14. The van der Waals surface area contributed by atoms with Gasteiger partial charge in [-0.25, -0.2) is 0 Å². The standard InChI is InChI=1S/C10H8BrClN2/c11-8-4-7(12)5-14-9(8)10(6-13)2-1-3-10/h4-5H,1-3H2. The molecule has 0 saturated heterocycles. The molecule has 0 unspecified atom stereocenters. The molecule has 0 aliphatic heterocycles. The first-order chi connectivity index (χ1) is 6.68. The zero-order chi connectivity index (χ0) is 10.2. The Morgan fingerprint density at radius 3 is 2.71 bits per heavy atom. The average Bonchev–Trinajstić information content (AvgIpc) is 2.07. The Kier molecular flexibility index (Phi) is 2.50. The number of halogens is 2. The SMILES string of the molecule is N#CC1(c2ncc(Cl)cc2Br)CCC1. The molecule has 1 heterocycles. The van der Waals surface area contributed by atoms with E-state index in [9.17, 15) is 0 Å². The van der Waals surface area contributed by atoms with Crippen molar-refractivity contribution in [1.82, 2.24) is 4.98 Å². The van der Waals surface area contributed by atoms with Crippen LogP contribution in [0.3, 0.4) is 0 Å². The molecular formula is C10H8BrClN2. The van der Waals surface area contributed by atoms with Gasteiger partial charge in [-0.05, 0) is 41.3 Å². The summed E-state index contributed by atoms with van der Waals surface area (Å²) in [7, 11) is 0. The lowest BCUT2D eigenvalue weighted by molar-refractivity contribution is 0.314. The monoisotopic (exact) mass is 270 g/mol. The summed E-state index contributed by atoms with van der Waals surface area (Å²) in [6, 6.07) is 4.15. The van der Waals surface area contributed by atoms with Gasteiger partial charge >= 0.3 is 0 Å². The molecule has 1 aromatic rings. The largest absolute Gasteiger partial charge is 0.257 e. The lowest BCUT2D eigenvalue weighted by Crippen LogP contribution is -2.33. The van der Waals surface area contributed by atoms with Crippen LogP contribution in [0.2, 0.25) is 5.02 Å². The van der Waals surface area contributed by atoms with E-state index in [-0.39, 0.29) is 5.41 Å². The molecule has 0 spiro atoms. The molecule has 0 N–H and O–H groups in total. The van der Waals surface area contributed by atoms with E-state index in [4.69, 9.17) is 16.9 Å². The molecule has 0 atom stereocenters. The summed E-state index contributed by atoms with van der Waals surface area (Å²) in [6.45, 7) is 0. The van der Waals surface area contributed by atoms with Gasteiger partial charge in [-0.15, -0.1) is 0 Å². The van der Waals surface area contributed by atoms with Gasteiger partial charge in [-0.2, -0.15) is 5.26 Å². The molecule has 0 bridgehead atoms. The normalized spacial score (nSPS) is 18.4. The second-order valence-corrected chi connectivity index (χ2v) is 4.82. The molecule has 2 nitrogen and oxygen atoms in total. The van der Waals surface area contributed by atoms with Crippen LogP contribution < -0.4 is 0 Å². The van der Waals surface area contributed by atoms with E-state index < -0.39 is 0 Å². The number of aromatic nitrogens is 1. The van der Waals surface area contributed by atoms with Gasteiger partial charge in [0.05, 0.1) is 16.8 Å². The van der Waals surface area contributed by atoms with Gasteiger partial charge in [0.25, 0.3) is 0 Å². The second-order valence-electron chi connectivity index (χ2n) is 3.53. The van der Waals surface area contributed by atoms with Crippen LogP contribution in [0.15, 0.2) is 16.7 Å². The molecule has 1 aliphatic carbocycles. The summed E-state index contributed by atoms with van der Waals surface area (Å²) in [4.78, 5) is 4.24. The van der Waals surface area contributed by atoms with E-state index in [1.165, 1.54) is 0 Å². The Morgan fingerprint density at radius 1 is 1.57 bits per heavy atom. The molecule has 0 aromatic carbocycles. The molecular weight excluding hydrogens is 263 g/mol. The van der Waals surface area contributed by atoms with Crippen molar-refractivity contribution in [2.75, 3.05) is 0 Å². The minimum Gasteiger partial charge on any atom is -0.257 e. The van der Waals surface area contributed by atoms with Crippen LogP contribution in [0.1, 0.15) is 25.0 Å². The van der Waals surface area contributed by atoms with Crippen LogP contribution >= 0.6 is 27.5 Å². The maximum Gasteiger partial charge on any atom is 0.100 e. The van der Waals surface area contributed by atoms with E-state index in [1.54, 1.807) is 12.3 Å². The van der Waals surface area contributed by atoms with Gasteiger partial charge in [0.15, 0.2) is 0 Å². The Labute approximate surface area is 96.0 Å². The summed E-state index contributed by atoms with van der Waals surface area (Å²) >= 11 is 9.20. The molecule has 1 saturated carbocycles. The van der Waals surface area contributed by atoms with Crippen LogP contribution in [0.25, 0.3) is 0 Å². The molecule has 0 amide bonds. The quantitative estimate of drug-likeness (QED) is 0.784. The summed E-state index contributed by atoms with van der Waals surface area (Å²) in [5, 5.41) is 9.73. The van der Waals surface area contributed by atoms with Crippen molar-refractivity contribution in [2.24, 2.45) is 0 Å². The number of pyridine rings is 1. The molecule has 1 aliphatic rings. The number of nitriles is 1. The van der Waals surface area contributed by atoms with Crippen molar-refractivity contribution in [3.05, 3.63) is 27.5 Å². The summed E-state index contributed by atoms with van der Waals surface area (Å²) in [5.74, 6) is 0. The predicted octanol–water partition coefficient (Wildman–Crippen LogP) is 3.44. The molecule has 4 heteroatoms. The van der Waals surface area contributed by atoms with Gasteiger partial charge < -0.3 is 0 Å². The van der Waals surface area contributed by atoms with E-state index in [0.29, 0.717) is 5.02 Å². The van der Waals surface area contributed by atoms with Crippen molar-refractivity contribution in [3.8, 4) is 6.07 Å². The highest BCUT2D eigenvalue weighted by molar-refractivity contribution is 9.10. The minimum absolute atomic E-state index is 0.372. The van der Waals surface area contributed by atoms with Crippen molar-refractivity contribution >= 4 is 27.5 Å². The fourth-order valence-electron chi connectivity index (χ4n) is 1.70. The molecule has 14 heavy (non-hydrogen) atoms. The topological polar surface area (TPSA) is 36.7 Å². The van der Waals surface area contributed by atoms with Crippen LogP contribution in [-0.2, 0) is 5.41 Å². The van der Waals surface area contributed by atoms with Crippen molar-refractivity contribution in [3.63, 3.8) is 0 Å². The van der Waals surface area contributed by atoms with Crippen molar-refractivity contribution in [2.45, 2.75) is 24.7 Å². The molecule has 1 fully saturated rings. The Morgan fingerprint density at radius 2 is 2.29 bits per heavy atom. The first-order valence-corrected chi connectivity index (χ1v) is 5.58. The summed E-state index contributed by atoms with van der Waals surface area (Å²) < 4.78 is 0.839. The fraction of sp³-hybridized carbons (Fsp3) is 0.400. The zero-order valence-electron chi connectivity index (χ0n) is 7.43. The predicted molar refractivity (Wildman–Crippen MR) is 58.1 cm³/mol. The smallest absolute Gasteiger partial charge is 0.100 e. The molecule has 0 radical (unpaired) electrons. The number of hydrogen-bond donors (Lipinski definition) is 0. The van der Waals surface area contributed by atoms with Crippen molar-refractivity contribution in [1.29, 1.82) is 5.26 Å². The van der Waals surface area contributed by atoms with Gasteiger partial charge in [0.2, 0.25) is 0 Å². The third-order valence-corrected chi connectivity index (χ3v) is 3.49.